The highest BCUT2D eigenvalue weighted by Crippen LogP contribution is 2.22. The van der Waals surface area contributed by atoms with E-state index in [2.05, 4.69) is 6.92 Å². The van der Waals surface area contributed by atoms with E-state index < -0.39 is 11.9 Å². The van der Waals surface area contributed by atoms with Gasteiger partial charge in [0.15, 0.2) is 0 Å². The van der Waals surface area contributed by atoms with Crippen molar-refractivity contribution in [1.29, 1.82) is 0 Å². The van der Waals surface area contributed by atoms with Crippen molar-refractivity contribution in [3.05, 3.63) is 0 Å². The van der Waals surface area contributed by atoms with Gasteiger partial charge in [-0.1, -0.05) is 77.6 Å². The van der Waals surface area contributed by atoms with Crippen LogP contribution < -0.4 is 0 Å². The van der Waals surface area contributed by atoms with Gasteiger partial charge in [-0.15, -0.1) is 0 Å². The Labute approximate surface area is 147 Å². The van der Waals surface area contributed by atoms with E-state index in [1.807, 2.05) is 0 Å². The van der Waals surface area contributed by atoms with Gasteiger partial charge in [0.25, 0.3) is 0 Å². The van der Waals surface area contributed by atoms with E-state index in [1.54, 1.807) is 0 Å². The summed E-state index contributed by atoms with van der Waals surface area (Å²) in [5.41, 5.74) is 0. The summed E-state index contributed by atoms with van der Waals surface area (Å²) >= 11 is 0. The van der Waals surface area contributed by atoms with Crippen LogP contribution in [0.4, 0.5) is 0 Å². The summed E-state index contributed by atoms with van der Waals surface area (Å²) in [7, 11) is 0. The number of esters is 2. The van der Waals surface area contributed by atoms with Crippen molar-refractivity contribution in [3.63, 3.8) is 0 Å². The van der Waals surface area contributed by atoms with Gasteiger partial charge < -0.3 is 9.47 Å². The van der Waals surface area contributed by atoms with Crippen LogP contribution in [0.5, 0.6) is 0 Å². The zero-order valence-electron chi connectivity index (χ0n) is 15.5. The molecule has 0 heterocycles. The highest BCUT2D eigenvalue weighted by atomic mass is 16.6. The first-order valence-corrected chi connectivity index (χ1v) is 10.1. The lowest BCUT2D eigenvalue weighted by Gasteiger charge is -2.24. The second-order valence-corrected chi connectivity index (χ2v) is 6.98. The quantitative estimate of drug-likeness (QED) is 0.244. The van der Waals surface area contributed by atoms with Crippen LogP contribution in [-0.4, -0.2) is 24.6 Å². The number of unbranched alkanes of at least 4 members (excludes halogenated alkanes) is 11. The normalized spacial score (nSPS) is 14.2. The molecule has 0 N–H and O–H groups in total. The second-order valence-electron chi connectivity index (χ2n) is 6.98. The van der Waals surface area contributed by atoms with Gasteiger partial charge in [0.2, 0.25) is 0 Å². The molecule has 1 rings (SSSR count). The van der Waals surface area contributed by atoms with E-state index in [4.69, 9.17) is 9.47 Å². The molecule has 0 aromatic heterocycles. The molecule has 24 heavy (non-hydrogen) atoms. The fourth-order valence-electron chi connectivity index (χ4n) is 2.85. The van der Waals surface area contributed by atoms with E-state index in [-0.39, 0.29) is 6.10 Å². The van der Waals surface area contributed by atoms with Gasteiger partial charge in [-0.2, -0.15) is 0 Å². The standard InChI is InChI=1S/C20H36O4/c1-2-3-4-5-6-7-8-9-10-11-12-13-17-23-19(21)20(22)24-18-15-14-16-18/h18H,2-17H2,1H3. The van der Waals surface area contributed by atoms with Crippen molar-refractivity contribution >= 4 is 11.9 Å². The van der Waals surface area contributed by atoms with Crippen molar-refractivity contribution in [2.45, 2.75) is 109 Å². The summed E-state index contributed by atoms with van der Waals surface area (Å²) in [6.07, 6.45) is 18.0. The van der Waals surface area contributed by atoms with Crippen LogP contribution in [0.3, 0.4) is 0 Å². The van der Waals surface area contributed by atoms with Gasteiger partial charge >= 0.3 is 11.9 Å². The topological polar surface area (TPSA) is 52.6 Å². The van der Waals surface area contributed by atoms with Crippen molar-refractivity contribution in [2.24, 2.45) is 0 Å². The van der Waals surface area contributed by atoms with E-state index >= 15 is 0 Å². The predicted molar refractivity (Wildman–Crippen MR) is 95.8 cm³/mol. The third kappa shape index (κ3) is 10.7. The average Bonchev–Trinajstić information content (AvgIpc) is 2.54. The van der Waals surface area contributed by atoms with Crippen LogP contribution in [0.15, 0.2) is 0 Å². The Bertz CT molecular complexity index is 337. The predicted octanol–water partition coefficient (Wildman–Crippen LogP) is 5.33. The molecule has 0 unspecified atom stereocenters. The average molecular weight is 341 g/mol. The van der Waals surface area contributed by atoms with Crippen LogP contribution in [0.2, 0.25) is 0 Å². The molecule has 0 atom stereocenters. The van der Waals surface area contributed by atoms with E-state index in [9.17, 15) is 9.59 Å². The molecule has 140 valence electrons. The summed E-state index contributed by atoms with van der Waals surface area (Å²) in [6, 6.07) is 0. The van der Waals surface area contributed by atoms with Gasteiger partial charge in [-0.25, -0.2) is 9.59 Å². The SMILES string of the molecule is CCCCCCCCCCCCCCOC(=O)C(=O)OC1CCC1. The number of carbonyl (C=O) groups is 2. The first kappa shape index (κ1) is 21.0. The maximum atomic E-state index is 11.4. The number of carbonyl (C=O) groups excluding carboxylic acids is 2. The summed E-state index contributed by atoms with van der Waals surface area (Å²) in [5, 5.41) is 0. The van der Waals surface area contributed by atoms with Gasteiger partial charge in [0, 0.05) is 0 Å². The summed E-state index contributed by atoms with van der Waals surface area (Å²) in [4.78, 5) is 22.8. The van der Waals surface area contributed by atoms with Crippen molar-refractivity contribution in [2.75, 3.05) is 6.61 Å². The van der Waals surface area contributed by atoms with E-state index in [1.165, 1.54) is 64.2 Å². The maximum Gasteiger partial charge on any atom is 0.417 e. The molecule has 0 aromatic carbocycles. The van der Waals surface area contributed by atoms with Gasteiger partial charge in [-0.05, 0) is 25.7 Å². The Kier molecular flexibility index (Phi) is 12.5. The zero-order chi connectivity index (χ0) is 17.5. The Morgan fingerprint density at radius 2 is 1.25 bits per heavy atom. The Morgan fingerprint density at radius 3 is 1.71 bits per heavy atom. The van der Waals surface area contributed by atoms with Crippen LogP contribution in [0.25, 0.3) is 0 Å². The molecule has 4 heteroatoms. The van der Waals surface area contributed by atoms with Gasteiger partial charge in [-0.3, -0.25) is 0 Å². The van der Waals surface area contributed by atoms with Crippen molar-refractivity contribution in [1.82, 2.24) is 0 Å². The number of hydrogen-bond acceptors (Lipinski definition) is 4. The maximum absolute atomic E-state index is 11.4. The highest BCUT2D eigenvalue weighted by Gasteiger charge is 2.26. The van der Waals surface area contributed by atoms with E-state index in [0.29, 0.717) is 6.61 Å². The van der Waals surface area contributed by atoms with Gasteiger partial charge in [0.1, 0.15) is 6.10 Å². The minimum atomic E-state index is -0.829. The minimum Gasteiger partial charge on any atom is -0.457 e. The fourth-order valence-corrected chi connectivity index (χ4v) is 2.85. The molecule has 0 radical (unpaired) electrons. The first-order chi connectivity index (χ1) is 11.7. The second kappa shape index (κ2) is 14.3. The lowest BCUT2D eigenvalue weighted by molar-refractivity contribution is -0.173. The number of rotatable bonds is 14. The molecule has 1 aliphatic carbocycles. The summed E-state index contributed by atoms with van der Waals surface area (Å²) < 4.78 is 9.95. The smallest absolute Gasteiger partial charge is 0.417 e. The monoisotopic (exact) mass is 340 g/mol. The molecule has 1 saturated carbocycles. The van der Waals surface area contributed by atoms with Crippen LogP contribution >= 0.6 is 0 Å². The number of ether oxygens (including phenoxy) is 2. The molecule has 0 aromatic rings. The molecule has 0 aliphatic heterocycles. The molecule has 0 spiro atoms. The van der Waals surface area contributed by atoms with Crippen LogP contribution in [0, 0.1) is 0 Å². The van der Waals surface area contributed by atoms with Gasteiger partial charge in [0.05, 0.1) is 6.61 Å². The van der Waals surface area contributed by atoms with E-state index in [0.717, 1.165) is 32.1 Å². The zero-order valence-corrected chi connectivity index (χ0v) is 15.5. The summed E-state index contributed by atoms with van der Waals surface area (Å²) in [6.45, 7) is 2.58. The number of hydrogen-bond donors (Lipinski definition) is 0. The Balaban J connectivity index is 1.78. The molecule has 4 nitrogen and oxygen atoms in total. The van der Waals surface area contributed by atoms with Crippen LogP contribution in [0.1, 0.15) is 103 Å². The lowest BCUT2D eigenvalue weighted by atomic mass is 9.96. The summed E-state index contributed by atoms with van der Waals surface area (Å²) in [5.74, 6) is -1.65. The minimum absolute atomic E-state index is 0.0586. The molecule has 1 aliphatic rings. The third-order valence-electron chi connectivity index (χ3n) is 4.72. The first-order valence-electron chi connectivity index (χ1n) is 10.1. The Morgan fingerprint density at radius 1 is 0.750 bits per heavy atom. The molecule has 0 bridgehead atoms. The molecule has 1 fully saturated rings. The Hall–Kier alpha value is -1.06. The molecular formula is C20H36O4. The largest absolute Gasteiger partial charge is 0.457 e. The molecule has 0 saturated heterocycles. The van der Waals surface area contributed by atoms with Crippen LogP contribution in [-0.2, 0) is 19.1 Å². The molecular weight excluding hydrogens is 304 g/mol. The fraction of sp³-hybridized carbons (Fsp3) is 0.900. The molecule has 0 amide bonds. The van der Waals surface area contributed by atoms with Crippen molar-refractivity contribution in [3.8, 4) is 0 Å². The third-order valence-corrected chi connectivity index (χ3v) is 4.72. The lowest BCUT2D eigenvalue weighted by Crippen LogP contribution is -2.30. The van der Waals surface area contributed by atoms with Crippen molar-refractivity contribution < 1.29 is 19.1 Å². The highest BCUT2D eigenvalue weighted by molar-refractivity contribution is 6.29.